The summed E-state index contributed by atoms with van der Waals surface area (Å²) < 4.78 is 5.39. The number of carboxylic acid groups (broad SMARTS) is 1. The molecule has 0 aromatic heterocycles. The van der Waals surface area contributed by atoms with Crippen LogP contribution in [0.15, 0.2) is 18.2 Å². The van der Waals surface area contributed by atoms with E-state index in [0.29, 0.717) is 11.4 Å². The first kappa shape index (κ1) is 15.3. The lowest BCUT2D eigenvalue weighted by Gasteiger charge is -2.30. The van der Waals surface area contributed by atoms with E-state index in [0.717, 1.165) is 5.56 Å². The second-order valence-electron chi connectivity index (χ2n) is 5.47. The van der Waals surface area contributed by atoms with E-state index in [1.807, 2.05) is 26.0 Å². The molecule has 1 aliphatic heterocycles. The molecule has 0 aliphatic carbocycles. The molecular formula is C15H20N2O4. The van der Waals surface area contributed by atoms with Crippen molar-refractivity contribution in [1.29, 1.82) is 0 Å². The number of hydrogen-bond acceptors (Lipinski definition) is 4. The zero-order valence-corrected chi connectivity index (χ0v) is 12.2. The van der Waals surface area contributed by atoms with Gasteiger partial charge in [0.25, 0.3) is 5.91 Å². The molecule has 1 atom stereocenters. The Labute approximate surface area is 123 Å². The van der Waals surface area contributed by atoms with Gasteiger partial charge in [-0.05, 0) is 23.6 Å². The summed E-state index contributed by atoms with van der Waals surface area (Å²) in [5.74, 6) is -0.333. The number of amides is 1. The molecule has 1 amide bonds. The maximum atomic E-state index is 12.0. The standard InChI is InChI=1S/C15H20N2O4/c1-9(2)15(16)10-3-4-12-11(7-10)17(6-5-14(19)20)13(18)8-21-12/h3-4,7,9,15H,5-6,8,16H2,1-2H3,(H,19,20). The van der Waals surface area contributed by atoms with Crippen molar-refractivity contribution in [3.63, 3.8) is 0 Å². The number of fused-ring (bicyclic) bond motifs is 1. The Balaban J connectivity index is 2.33. The third-order valence-corrected chi connectivity index (χ3v) is 3.58. The Morgan fingerprint density at radius 3 is 2.81 bits per heavy atom. The van der Waals surface area contributed by atoms with E-state index in [1.54, 1.807) is 6.07 Å². The van der Waals surface area contributed by atoms with Gasteiger partial charge in [0.2, 0.25) is 0 Å². The van der Waals surface area contributed by atoms with Crippen molar-refractivity contribution >= 4 is 17.6 Å². The van der Waals surface area contributed by atoms with Gasteiger partial charge in [0, 0.05) is 12.6 Å². The van der Waals surface area contributed by atoms with E-state index in [4.69, 9.17) is 15.6 Å². The van der Waals surface area contributed by atoms with Crippen molar-refractivity contribution in [3.8, 4) is 5.75 Å². The Morgan fingerprint density at radius 1 is 1.48 bits per heavy atom. The minimum absolute atomic E-state index is 0.0673. The zero-order chi connectivity index (χ0) is 15.6. The van der Waals surface area contributed by atoms with E-state index in [1.165, 1.54) is 4.90 Å². The molecule has 0 fully saturated rings. The lowest BCUT2D eigenvalue weighted by molar-refractivity contribution is -0.136. The molecule has 1 aliphatic rings. The molecule has 0 radical (unpaired) electrons. The number of anilines is 1. The van der Waals surface area contributed by atoms with Gasteiger partial charge in [-0.15, -0.1) is 0 Å². The second-order valence-corrected chi connectivity index (χ2v) is 5.47. The van der Waals surface area contributed by atoms with Crippen LogP contribution in [0, 0.1) is 5.92 Å². The van der Waals surface area contributed by atoms with Crippen LogP contribution in [0.3, 0.4) is 0 Å². The van der Waals surface area contributed by atoms with Crippen LogP contribution in [0.5, 0.6) is 5.75 Å². The summed E-state index contributed by atoms with van der Waals surface area (Å²) in [5, 5.41) is 8.80. The SMILES string of the molecule is CC(C)C(N)c1ccc2c(c1)N(CCC(=O)O)C(=O)CO2. The van der Waals surface area contributed by atoms with Crippen molar-refractivity contribution in [2.75, 3.05) is 18.1 Å². The van der Waals surface area contributed by atoms with Crippen molar-refractivity contribution in [3.05, 3.63) is 23.8 Å². The minimum atomic E-state index is -0.939. The fourth-order valence-corrected chi connectivity index (χ4v) is 2.26. The molecule has 6 heteroatoms. The summed E-state index contributed by atoms with van der Waals surface area (Å²) in [4.78, 5) is 24.2. The number of aliphatic carboxylic acids is 1. The predicted molar refractivity (Wildman–Crippen MR) is 78.3 cm³/mol. The molecule has 0 spiro atoms. The van der Waals surface area contributed by atoms with Gasteiger partial charge in [0.05, 0.1) is 12.1 Å². The zero-order valence-electron chi connectivity index (χ0n) is 12.2. The van der Waals surface area contributed by atoms with E-state index in [-0.39, 0.29) is 37.4 Å². The molecule has 1 aromatic carbocycles. The maximum absolute atomic E-state index is 12.0. The third-order valence-electron chi connectivity index (χ3n) is 3.58. The van der Waals surface area contributed by atoms with E-state index < -0.39 is 5.97 Å². The molecule has 114 valence electrons. The predicted octanol–water partition coefficient (Wildman–Crippen LogP) is 1.54. The number of benzene rings is 1. The highest BCUT2D eigenvalue weighted by atomic mass is 16.5. The summed E-state index contributed by atoms with van der Waals surface area (Å²) in [5.41, 5.74) is 7.64. The average molecular weight is 292 g/mol. The van der Waals surface area contributed by atoms with Crippen LogP contribution in [0.2, 0.25) is 0 Å². The largest absolute Gasteiger partial charge is 0.482 e. The molecule has 1 unspecified atom stereocenters. The molecule has 3 N–H and O–H groups in total. The van der Waals surface area contributed by atoms with Crippen LogP contribution in [0.25, 0.3) is 0 Å². The highest BCUT2D eigenvalue weighted by Crippen LogP contribution is 2.35. The van der Waals surface area contributed by atoms with E-state index in [2.05, 4.69) is 0 Å². The Morgan fingerprint density at radius 2 is 2.19 bits per heavy atom. The van der Waals surface area contributed by atoms with Crippen molar-refractivity contribution in [2.24, 2.45) is 11.7 Å². The summed E-state index contributed by atoms with van der Waals surface area (Å²) in [6, 6.07) is 5.34. The molecular weight excluding hydrogens is 272 g/mol. The van der Waals surface area contributed by atoms with Gasteiger partial charge in [0.15, 0.2) is 6.61 Å². The van der Waals surface area contributed by atoms with Crippen molar-refractivity contribution in [1.82, 2.24) is 0 Å². The van der Waals surface area contributed by atoms with Gasteiger partial charge in [0.1, 0.15) is 5.75 Å². The summed E-state index contributed by atoms with van der Waals surface area (Å²) in [6.45, 7) is 4.11. The lowest BCUT2D eigenvalue weighted by Crippen LogP contribution is -2.40. The maximum Gasteiger partial charge on any atom is 0.305 e. The fraction of sp³-hybridized carbons (Fsp3) is 0.467. The number of rotatable bonds is 5. The topological polar surface area (TPSA) is 92.9 Å². The van der Waals surface area contributed by atoms with Crippen LogP contribution >= 0.6 is 0 Å². The van der Waals surface area contributed by atoms with E-state index >= 15 is 0 Å². The van der Waals surface area contributed by atoms with Crippen LogP contribution < -0.4 is 15.4 Å². The van der Waals surface area contributed by atoms with Gasteiger partial charge in [-0.3, -0.25) is 9.59 Å². The Hall–Kier alpha value is -2.08. The van der Waals surface area contributed by atoms with E-state index in [9.17, 15) is 9.59 Å². The first-order valence-corrected chi connectivity index (χ1v) is 6.94. The first-order valence-electron chi connectivity index (χ1n) is 6.94. The van der Waals surface area contributed by atoms with Crippen LogP contribution in [0.4, 0.5) is 5.69 Å². The Kier molecular flexibility index (Phi) is 4.47. The van der Waals surface area contributed by atoms with Gasteiger partial charge in [-0.25, -0.2) is 0 Å². The molecule has 0 saturated heterocycles. The first-order chi connectivity index (χ1) is 9.90. The minimum Gasteiger partial charge on any atom is -0.482 e. The fourth-order valence-electron chi connectivity index (χ4n) is 2.26. The second kappa shape index (κ2) is 6.13. The highest BCUT2D eigenvalue weighted by molar-refractivity contribution is 5.98. The smallest absolute Gasteiger partial charge is 0.305 e. The molecule has 1 aromatic rings. The van der Waals surface area contributed by atoms with Gasteiger partial charge < -0.3 is 20.5 Å². The van der Waals surface area contributed by atoms with Gasteiger partial charge in [-0.1, -0.05) is 19.9 Å². The molecule has 6 nitrogen and oxygen atoms in total. The third kappa shape index (κ3) is 3.33. The quantitative estimate of drug-likeness (QED) is 0.858. The number of carbonyl (C=O) groups excluding carboxylic acids is 1. The molecule has 0 saturated carbocycles. The molecule has 0 bridgehead atoms. The number of ether oxygens (including phenoxy) is 1. The molecule has 2 rings (SSSR count). The van der Waals surface area contributed by atoms with Crippen LogP contribution in [0.1, 0.15) is 31.9 Å². The highest BCUT2D eigenvalue weighted by Gasteiger charge is 2.27. The number of hydrogen-bond donors (Lipinski definition) is 2. The van der Waals surface area contributed by atoms with Gasteiger partial charge >= 0.3 is 5.97 Å². The normalized spacial score (nSPS) is 15.6. The van der Waals surface area contributed by atoms with Crippen molar-refractivity contribution < 1.29 is 19.4 Å². The number of carbonyl (C=O) groups is 2. The number of nitrogens with zero attached hydrogens (tertiary/aromatic N) is 1. The molecule has 21 heavy (non-hydrogen) atoms. The van der Waals surface area contributed by atoms with Crippen LogP contribution in [-0.4, -0.2) is 30.1 Å². The molecule has 1 heterocycles. The average Bonchev–Trinajstić information content (AvgIpc) is 2.44. The summed E-state index contributed by atoms with van der Waals surface area (Å²) in [7, 11) is 0. The van der Waals surface area contributed by atoms with Gasteiger partial charge in [-0.2, -0.15) is 0 Å². The monoisotopic (exact) mass is 292 g/mol. The van der Waals surface area contributed by atoms with Crippen LogP contribution in [-0.2, 0) is 9.59 Å². The van der Waals surface area contributed by atoms with Crippen molar-refractivity contribution in [2.45, 2.75) is 26.3 Å². The lowest BCUT2D eigenvalue weighted by atomic mass is 9.96. The number of nitrogens with two attached hydrogens (primary N) is 1. The number of carboxylic acids is 1. The Bertz CT molecular complexity index is 557. The summed E-state index contributed by atoms with van der Waals surface area (Å²) >= 11 is 0. The summed E-state index contributed by atoms with van der Waals surface area (Å²) in [6.07, 6.45) is -0.106.